The van der Waals surface area contributed by atoms with Gasteiger partial charge in [-0.3, -0.25) is 9.78 Å². The zero-order chi connectivity index (χ0) is 25.8. The molecule has 1 aromatic heterocycles. The molecule has 3 aromatic carbocycles. The molecule has 36 heavy (non-hydrogen) atoms. The van der Waals surface area contributed by atoms with Gasteiger partial charge in [0.05, 0.1) is 39.5 Å². The lowest BCUT2D eigenvalue weighted by molar-refractivity contribution is 0.0942. The highest BCUT2D eigenvalue weighted by Crippen LogP contribution is 2.40. The Kier molecular flexibility index (Phi) is 7.36. The number of halogens is 1. The van der Waals surface area contributed by atoms with Crippen molar-refractivity contribution in [3.63, 3.8) is 0 Å². The minimum atomic E-state index is -0.772. The number of phenols is 1. The number of methoxy groups -OCH3 is 4. The van der Waals surface area contributed by atoms with Crippen molar-refractivity contribution >= 4 is 28.4 Å². The van der Waals surface area contributed by atoms with Gasteiger partial charge in [-0.05, 0) is 48.0 Å². The highest BCUT2D eigenvalue weighted by molar-refractivity contribution is 6.35. The molecule has 1 atom stereocenters. The van der Waals surface area contributed by atoms with Crippen LogP contribution in [-0.4, -0.2) is 44.4 Å². The van der Waals surface area contributed by atoms with E-state index in [1.165, 1.54) is 21.3 Å². The third-order valence-electron chi connectivity index (χ3n) is 5.81. The molecular weight excluding hydrogens is 484 g/mol. The number of hydrogen-bond acceptors (Lipinski definition) is 7. The van der Waals surface area contributed by atoms with Crippen LogP contribution in [0.4, 0.5) is 0 Å². The van der Waals surface area contributed by atoms with E-state index in [0.717, 1.165) is 0 Å². The number of nitrogens with zero attached hydrogens (tertiary/aromatic N) is 1. The average molecular weight is 509 g/mol. The molecule has 9 heteroatoms. The molecule has 0 aliphatic rings. The fourth-order valence-electron chi connectivity index (χ4n) is 3.99. The molecular formula is C27H25ClN2O6. The Morgan fingerprint density at radius 1 is 0.944 bits per heavy atom. The van der Waals surface area contributed by atoms with Gasteiger partial charge in [0.25, 0.3) is 5.91 Å². The number of rotatable bonds is 8. The van der Waals surface area contributed by atoms with Crippen molar-refractivity contribution in [2.45, 2.75) is 6.04 Å². The van der Waals surface area contributed by atoms with Crippen molar-refractivity contribution in [3.8, 4) is 28.7 Å². The Morgan fingerprint density at radius 3 is 2.19 bits per heavy atom. The highest BCUT2D eigenvalue weighted by Gasteiger charge is 2.25. The number of ether oxygens (including phenoxy) is 4. The highest BCUT2D eigenvalue weighted by atomic mass is 35.5. The lowest BCUT2D eigenvalue weighted by Gasteiger charge is -2.23. The monoisotopic (exact) mass is 508 g/mol. The van der Waals surface area contributed by atoms with Crippen LogP contribution >= 0.6 is 11.6 Å². The molecule has 186 valence electrons. The molecule has 0 bridgehead atoms. The molecule has 0 aliphatic carbocycles. The van der Waals surface area contributed by atoms with E-state index in [1.807, 2.05) is 0 Å². The average Bonchev–Trinajstić information content (AvgIpc) is 2.92. The lowest BCUT2D eigenvalue weighted by Crippen LogP contribution is -2.29. The minimum Gasteiger partial charge on any atom is -0.505 e. The van der Waals surface area contributed by atoms with Crippen LogP contribution in [0.25, 0.3) is 10.9 Å². The number of nitrogens with one attached hydrogen (secondary N) is 1. The van der Waals surface area contributed by atoms with Gasteiger partial charge in [0, 0.05) is 22.7 Å². The molecule has 2 N–H and O–H groups in total. The number of carbonyl (C=O) groups excluding carboxylic acids is 1. The van der Waals surface area contributed by atoms with E-state index >= 15 is 0 Å². The molecule has 4 rings (SSSR count). The normalized spacial score (nSPS) is 11.6. The van der Waals surface area contributed by atoms with Gasteiger partial charge < -0.3 is 29.4 Å². The molecule has 0 aliphatic heterocycles. The number of aromatic nitrogens is 1. The van der Waals surface area contributed by atoms with Crippen LogP contribution in [0.5, 0.6) is 28.7 Å². The summed E-state index contributed by atoms with van der Waals surface area (Å²) in [5.41, 5.74) is 1.68. The van der Waals surface area contributed by atoms with Crippen molar-refractivity contribution in [1.82, 2.24) is 10.3 Å². The van der Waals surface area contributed by atoms with E-state index in [0.29, 0.717) is 50.1 Å². The molecule has 0 radical (unpaired) electrons. The molecule has 0 spiro atoms. The number of hydrogen-bond donors (Lipinski definition) is 2. The second-order valence-electron chi connectivity index (χ2n) is 7.79. The van der Waals surface area contributed by atoms with E-state index in [-0.39, 0.29) is 11.3 Å². The molecule has 8 nitrogen and oxygen atoms in total. The number of aromatic hydroxyl groups is 1. The predicted octanol–water partition coefficient (Wildman–Crippen LogP) is 5.15. The summed E-state index contributed by atoms with van der Waals surface area (Å²) >= 11 is 6.55. The Balaban J connectivity index is 1.83. The summed E-state index contributed by atoms with van der Waals surface area (Å²) in [6.45, 7) is 0. The zero-order valence-corrected chi connectivity index (χ0v) is 20.9. The summed E-state index contributed by atoms with van der Waals surface area (Å²) in [5, 5.41) is 15.2. The zero-order valence-electron chi connectivity index (χ0n) is 20.2. The van der Waals surface area contributed by atoms with Gasteiger partial charge in [-0.2, -0.15) is 0 Å². The maximum Gasteiger partial charge on any atom is 0.252 e. The summed E-state index contributed by atoms with van der Waals surface area (Å²) in [7, 11) is 6.00. The first-order chi connectivity index (χ1) is 17.4. The van der Waals surface area contributed by atoms with E-state index in [2.05, 4.69) is 10.3 Å². The van der Waals surface area contributed by atoms with Crippen LogP contribution in [0.2, 0.25) is 5.02 Å². The van der Waals surface area contributed by atoms with E-state index in [9.17, 15) is 9.90 Å². The Morgan fingerprint density at radius 2 is 1.61 bits per heavy atom. The number of carbonyl (C=O) groups is 1. The first-order valence-electron chi connectivity index (χ1n) is 10.9. The maximum absolute atomic E-state index is 13.5. The van der Waals surface area contributed by atoms with Gasteiger partial charge in [-0.15, -0.1) is 0 Å². The summed E-state index contributed by atoms with van der Waals surface area (Å²) in [6, 6.07) is 14.6. The number of phenolic OH excluding ortho intramolecular Hbond substituents is 1. The van der Waals surface area contributed by atoms with Crippen LogP contribution in [0, 0.1) is 0 Å². The lowest BCUT2D eigenvalue weighted by atomic mass is 9.95. The van der Waals surface area contributed by atoms with E-state index < -0.39 is 11.9 Å². The summed E-state index contributed by atoms with van der Waals surface area (Å²) in [6.07, 6.45) is 1.57. The first kappa shape index (κ1) is 24.9. The van der Waals surface area contributed by atoms with Crippen LogP contribution in [0.3, 0.4) is 0 Å². The van der Waals surface area contributed by atoms with Crippen molar-refractivity contribution in [2.24, 2.45) is 0 Å². The second kappa shape index (κ2) is 10.6. The molecule has 1 amide bonds. The Hall–Kier alpha value is -4.17. The van der Waals surface area contributed by atoms with Crippen molar-refractivity contribution < 1.29 is 28.8 Å². The topological polar surface area (TPSA) is 99.1 Å². The SMILES string of the molecule is COc1ccc([C@@H](NC(=O)c2cc(OC)c(OC)c(OC)c2)c2cc(Cl)c3cccnc3c2O)cc1. The number of amides is 1. The first-order valence-corrected chi connectivity index (χ1v) is 11.3. The molecule has 0 fully saturated rings. The standard InChI is InChI=1S/C27H25ClN2O6/c1-33-17-9-7-15(8-10-17)23(19-14-20(28)18-6-5-11-29-24(18)25(19)31)30-27(32)16-12-21(34-2)26(36-4)22(13-16)35-3/h5-14,23,31H,1-4H3,(H,30,32)/t23-/m1/s1. The van der Waals surface area contributed by atoms with Gasteiger partial charge in [0.15, 0.2) is 11.5 Å². The van der Waals surface area contributed by atoms with Gasteiger partial charge in [-0.25, -0.2) is 0 Å². The number of fused-ring (bicyclic) bond motifs is 1. The molecule has 4 aromatic rings. The van der Waals surface area contributed by atoms with Gasteiger partial charge in [0.1, 0.15) is 17.0 Å². The molecule has 0 saturated carbocycles. The van der Waals surface area contributed by atoms with Gasteiger partial charge in [0.2, 0.25) is 5.75 Å². The van der Waals surface area contributed by atoms with Crippen LogP contribution in [0.1, 0.15) is 27.5 Å². The maximum atomic E-state index is 13.5. The summed E-state index contributed by atoms with van der Waals surface area (Å²) < 4.78 is 21.4. The third-order valence-corrected chi connectivity index (χ3v) is 6.12. The van der Waals surface area contributed by atoms with Gasteiger partial charge in [-0.1, -0.05) is 23.7 Å². The minimum absolute atomic E-state index is 0.0824. The van der Waals surface area contributed by atoms with Crippen molar-refractivity contribution in [3.05, 3.63) is 82.5 Å². The fraction of sp³-hybridized carbons (Fsp3) is 0.185. The smallest absolute Gasteiger partial charge is 0.252 e. The van der Waals surface area contributed by atoms with Crippen LogP contribution < -0.4 is 24.3 Å². The van der Waals surface area contributed by atoms with Crippen molar-refractivity contribution in [1.29, 1.82) is 0 Å². The Labute approximate surface area is 213 Å². The predicted molar refractivity (Wildman–Crippen MR) is 137 cm³/mol. The fourth-order valence-corrected chi connectivity index (χ4v) is 4.26. The summed E-state index contributed by atoms with van der Waals surface area (Å²) in [4.78, 5) is 17.8. The van der Waals surface area contributed by atoms with E-state index in [1.54, 1.807) is 67.9 Å². The number of benzene rings is 3. The quantitative estimate of drug-likeness (QED) is 0.339. The van der Waals surface area contributed by atoms with Gasteiger partial charge >= 0.3 is 0 Å². The number of pyridine rings is 1. The third kappa shape index (κ3) is 4.67. The van der Waals surface area contributed by atoms with Crippen LogP contribution in [0.15, 0.2) is 60.8 Å². The largest absolute Gasteiger partial charge is 0.505 e. The molecule has 0 saturated heterocycles. The van der Waals surface area contributed by atoms with Crippen LogP contribution in [-0.2, 0) is 0 Å². The molecule has 0 unspecified atom stereocenters. The second-order valence-corrected chi connectivity index (χ2v) is 8.20. The molecule has 1 heterocycles. The Bertz CT molecular complexity index is 1380. The summed E-state index contributed by atoms with van der Waals surface area (Å²) in [5.74, 6) is 1.17. The van der Waals surface area contributed by atoms with Crippen molar-refractivity contribution in [2.75, 3.05) is 28.4 Å². The van der Waals surface area contributed by atoms with E-state index in [4.69, 9.17) is 30.5 Å².